The predicted octanol–water partition coefficient (Wildman–Crippen LogP) is 2.87. The molecule has 4 heterocycles. The van der Waals surface area contributed by atoms with Crippen molar-refractivity contribution in [3.63, 3.8) is 0 Å². The number of fused-ring (bicyclic) bond motifs is 1. The summed E-state index contributed by atoms with van der Waals surface area (Å²) in [6.07, 6.45) is 4.85. The van der Waals surface area contributed by atoms with Crippen LogP contribution in [0.2, 0.25) is 0 Å². The van der Waals surface area contributed by atoms with Gasteiger partial charge in [-0.3, -0.25) is 20.6 Å². The quantitative estimate of drug-likeness (QED) is 0.577. The topological polar surface area (TPSA) is 82.6 Å². The van der Waals surface area contributed by atoms with Crippen molar-refractivity contribution < 1.29 is 9.53 Å². The Balaban J connectivity index is 1.19. The molecule has 8 heteroatoms. The molecule has 2 N–H and O–H groups in total. The van der Waals surface area contributed by atoms with Gasteiger partial charge in [0.25, 0.3) is 0 Å². The molecule has 2 aliphatic heterocycles. The smallest absolute Gasteiger partial charge is 0.219 e. The predicted molar refractivity (Wildman–Crippen MR) is 127 cm³/mol. The number of nitrogens with one attached hydrogen (secondary N) is 2. The van der Waals surface area contributed by atoms with Gasteiger partial charge in [0.15, 0.2) is 0 Å². The van der Waals surface area contributed by atoms with E-state index in [0.717, 1.165) is 61.4 Å². The molecule has 1 unspecified atom stereocenters. The van der Waals surface area contributed by atoms with Crippen LogP contribution in [0, 0.1) is 5.92 Å². The fraction of sp³-hybridized carbons (Fsp3) is 0.400. The SMILES string of the molecule is CC(=O)N1CC(CN(C)Cc2cnc3cc(Oc4ccc(C5CCNN5)cn4)ccc3c2)C1. The summed E-state index contributed by atoms with van der Waals surface area (Å²) >= 11 is 0. The summed E-state index contributed by atoms with van der Waals surface area (Å²) in [6, 6.07) is 12.4. The zero-order chi connectivity index (χ0) is 22.8. The van der Waals surface area contributed by atoms with Crippen LogP contribution in [-0.4, -0.2) is 58.9 Å². The molecule has 3 aromatic rings. The Morgan fingerprint density at radius 2 is 2.06 bits per heavy atom. The second-order valence-electron chi connectivity index (χ2n) is 9.13. The van der Waals surface area contributed by atoms with E-state index in [-0.39, 0.29) is 5.91 Å². The highest BCUT2D eigenvalue weighted by Gasteiger charge is 2.29. The van der Waals surface area contributed by atoms with E-state index >= 15 is 0 Å². The van der Waals surface area contributed by atoms with Crippen LogP contribution in [0.25, 0.3) is 10.9 Å². The van der Waals surface area contributed by atoms with Gasteiger partial charge in [-0.15, -0.1) is 0 Å². The highest BCUT2D eigenvalue weighted by molar-refractivity contribution is 5.80. The molecule has 2 fully saturated rings. The van der Waals surface area contributed by atoms with Gasteiger partial charge in [-0.2, -0.15) is 0 Å². The van der Waals surface area contributed by atoms with E-state index < -0.39 is 0 Å². The van der Waals surface area contributed by atoms with Crippen LogP contribution in [0.4, 0.5) is 0 Å². The van der Waals surface area contributed by atoms with Crippen LogP contribution >= 0.6 is 0 Å². The van der Waals surface area contributed by atoms with Crippen molar-refractivity contribution in [2.24, 2.45) is 5.92 Å². The molecule has 5 rings (SSSR count). The minimum atomic E-state index is 0.169. The summed E-state index contributed by atoms with van der Waals surface area (Å²) in [4.78, 5) is 24.7. The van der Waals surface area contributed by atoms with Gasteiger partial charge in [0.2, 0.25) is 11.8 Å². The molecule has 1 aromatic carbocycles. The average molecular weight is 447 g/mol. The maximum atomic E-state index is 11.3. The van der Waals surface area contributed by atoms with Crippen LogP contribution in [0.15, 0.2) is 48.8 Å². The van der Waals surface area contributed by atoms with Crippen LogP contribution in [0.3, 0.4) is 0 Å². The molecule has 0 radical (unpaired) electrons. The molecular weight excluding hydrogens is 416 g/mol. The highest BCUT2D eigenvalue weighted by atomic mass is 16.5. The van der Waals surface area contributed by atoms with Crippen molar-refractivity contribution in [3.8, 4) is 11.6 Å². The summed E-state index contributed by atoms with van der Waals surface area (Å²) in [6.45, 7) is 6.14. The van der Waals surface area contributed by atoms with Crippen molar-refractivity contribution in [2.75, 3.05) is 33.2 Å². The lowest BCUT2D eigenvalue weighted by Gasteiger charge is -2.40. The molecule has 0 saturated carbocycles. The molecule has 2 aromatic heterocycles. The minimum absolute atomic E-state index is 0.169. The molecule has 33 heavy (non-hydrogen) atoms. The minimum Gasteiger partial charge on any atom is -0.439 e. The molecule has 0 spiro atoms. The van der Waals surface area contributed by atoms with Crippen LogP contribution in [0.1, 0.15) is 30.5 Å². The maximum Gasteiger partial charge on any atom is 0.219 e. The number of likely N-dealkylation sites (tertiary alicyclic amines) is 1. The van der Waals surface area contributed by atoms with Gasteiger partial charge in [-0.05, 0) is 42.8 Å². The Hall–Kier alpha value is -3.07. The number of aromatic nitrogens is 2. The number of rotatable bonds is 7. The van der Waals surface area contributed by atoms with Gasteiger partial charge in [0.05, 0.1) is 5.52 Å². The first-order valence-corrected chi connectivity index (χ1v) is 11.5. The van der Waals surface area contributed by atoms with Crippen LogP contribution < -0.4 is 15.6 Å². The first kappa shape index (κ1) is 21.8. The van der Waals surface area contributed by atoms with E-state index in [4.69, 9.17) is 4.74 Å². The Bertz CT molecular complexity index is 1120. The average Bonchev–Trinajstić information content (AvgIpc) is 3.31. The van der Waals surface area contributed by atoms with Gasteiger partial charge in [-0.1, -0.05) is 6.07 Å². The van der Waals surface area contributed by atoms with E-state index in [1.165, 1.54) is 5.56 Å². The number of pyridine rings is 2. The lowest BCUT2D eigenvalue weighted by Crippen LogP contribution is -2.52. The number of hydrogen-bond donors (Lipinski definition) is 2. The molecule has 0 aliphatic carbocycles. The standard InChI is InChI=1S/C25H30N6O2/c1-17(32)31-15-19(16-31)14-30(2)13-18-9-20-3-5-22(10-24(20)26-11-18)33-25-6-4-21(12-27-25)23-7-8-28-29-23/h3-6,9-12,19,23,28-29H,7-8,13-16H2,1-2H3. The second-order valence-corrected chi connectivity index (χ2v) is 9.13. The van der Waals surface area contributed by atoms with Crippen molar-refractivity contribution in [1.82, 2.24) is 30.6 Å². The van der Waals surface area contributed by atoms with E-state index in [2.05, 4.69) is 44.9 Å². The third kappa shape index (κ3) is 5.13. The normalized spacial score (nSPS) is 18.6. The lowest BCUT2D eigenvalue weighted by atomic mass is 9.99. The van der Waals surface area contributed by atoms with Crippen LogP contribution in [-0.2, 0) is 11.3 Å². The number of benzene rings is 1. The van der Waals surface area contributed by atoms with E-state index in [1.807, 2.05) is 41.6 Å². The molecule has 0 bridgehead atoms. The van der Waals surface area contributed by atoms with E-state index in [1.54, 1.807) is 6.92 Å². The zero-order valence-corrected chi connectivity index (χ0v) is 19.1. The number of carbonyl (C=O) groups excluding carboxylic acids is 1. The molecule has 8 nitrogen and oxygen atoms in total. The van der Waals surface area contributed by atoms with Crippen molar-refractivity contribution in [3.05, 3.63) is 59.9 Å². The Morgan fingerprint density at radius 1 is 1.18 bits per heavy atom. The number of amides is 1. The van der Waals surface area contributed by atoms with Crippen LogP contribution in [0.5, 0.6) is 11.6 Å². The number of hydrogen-bond acceptors (Lipinski definition) is 7. The lowest BCUT2D eigenvalue weighted by molar-refractivity contribution is -0.135. The Labute approximate surface area is 193 Å². The molecule has 2 aliphatic rings. The summed E-state index contributed by atoms with van der Waals surface area (Å²) in [5.74, 6) is 2.02. The maximum absolute atomic E-state index is 11.3. The zero-order valence-electron chi connectivity index (χ0n) is 19.1. The summed E-state index contributed by atoms with van der Waals surface area (Å²) in [7, 11) is 2.12. The van der Waals surface area contributed by atoms with Gasteiger partial charge in [0.1, 0.15) is 5.75 Å². The molecule has 172 valence electrons. The fourth-order valence-corrected chi connectivity index (χ4v) is 4.57. The third-order valence-electron chi connectivity index (χ3n) is 6.36. The Kier molecular flexibility index (Phi) is 6.22. The molecular formula is C25H30N6O2. The number of nitrogens with zero attached hydrogens (tertiary/aromatic N) is 4. The summed E-state index contributed by atoms with van der Waals surface area (Å²) in [5.41, 5.74) is 9.61. The molecule has 2 saturated heterocycles. The first-order chi connectivity index (χ1) is 16.0. The largest absolute Gasteiger partial charge is 0.439 e. The Morgan fingerprint density at radius 3 is 2.79 bits per heavy atom. The van der Waals surface area contributed by atoms with Gasteiger partial charge in [0, 0.05) is 81.5 Å². The van der Waals surface area contributed by atoms with Gasteiger partial charge in [-0.25, -0.2) is 4.98 Å². The summed E-state index contributed by atoms with van der Waals surface area (Å²) < 4.78 is 5.96. The summed E-state index contributed by atoms with van der Waals surface area (Å²) in [5, 5.41) is 1.09. The first-order valence-electron chi connectivity index (χ1n) is 11.5. The second kappa shape index (κ2) is 9.43. The number of hydrazine groups is 1. The van der Waals surface area contributed by atoms with Crippen molar-refractivity contribution in [1.29, 1.82) is 0 Å². The molecule has 1 amide bonds. The number of ether oxygens (including phenoxy) is 1. The number of carbonyl (C=O) groups is 1. The van der Waals surface area contributed by atoms with Gasteiger partial charge >= 0.3 is 0 Å². The third-order valence-corrected chi connectivity index (χ3v) is 6.36. The van der Waals surface area contributed by atoms with Crippen molar-refractivity contribution in [2.45, 2.75) is 25.9 Å². The molecule has 1 atom stereocenters. The van der Waals surface area contributed by atoms with Crippen molar-refractivity contribution >= 4 is 16.8 Å². The van der Waals surface area contributed by atoms with E-state index in [0.29, 0.717) is 17.8 Å². The highest BCUT2D eigenvalue weighted by Crippen LogP contribution is 2.26. The monoisotopic (exact) mass is 446 g/mol. The van der Waals surface area contributed by atoms with Gasteiger partial charge < -0.3 is 14.5 Å². The fourth-order valence-electron chi connectivity index (χ4n) is 4.57. The van der Waals surface area contributed by atoms with E-state index in [9.17, 15) is 4.79 Å².